The molecule has 0 fully saturated rings. The number of aryl methyl sites for hydroxylation is 1. The minimum atomic E-state index is -0.0544. The number of rotatable bonds is 7. The highest BCUT2D eigenvalue weighted by Crippen LogP contribution is 2.35. The highest BCUT2D eigenvalue weighted by Gasteiger charge is 2.17. The molecule has 1 N–H and O–H groups in total. The van der Waals surface area contributed by atoms with Crippen LogP contribution < -0.4 is 5.32 Å². The molecule has 0 atom stereocenters. The van der Waals surface area contributed by atoms with Crippen LogP contribution in [0.2, 0.25) is 0 Å². The van der Waals surface area contributed by atoms with E-state index < -0.39 is 0 Å². The normalized spacial score (nSPS) is 10.7. The smallest absolute Gasteiger partial charge is 0.257 e. The van der Waals surface area contributed by atoms with Crippen molar-refractivity contribution in [3.63, 3.8) is 0 Å². The van der Waals surface area contributed by atoms with Gasteiger partial charge in [0.1, 0.15) is 5.69 Å². The van der Waals surface area contributed by atoms with E-state index in [1.54, 1.807) is 0 Å². The van der Waals surface area contributed by atoms with Gasteiger partial charge in [0.25, 0.3) is 5.22 Å². The van der Waals surface area contributed by atoms with E-state index in [0.29, 0.717) is 17.5 Å². The van der Waals surface area contributed by atoms with Gasteiger partial charge >= 0.3 is 0 Å². The van der Waals surface area contributed by atoms with Crippen LogP contribution in [0.3, 0.4) is 0 Å². The van der Waals surface area contributed by atoms with Crippen molar-refractivity contribution < 1.29 is 9.21 Å². The Morgan fingerprint density at radius 1 is 0.900 bits per heavy atom. The number of nitrogens with zero attached hydrogens (tertiary/aromatic N) is 1. The Hall–Kier alpha value is -3.31. The number of nitrogens with one attached hydrogen (secondary N) is 1. The summed E-state index contributed by atoms with van der Waals surface area (Å²) in [7, 11) is 0. The van der Waals surface area contributed by atoms with Crippen molar-refractivity contribution in [3.05, 3.63) is 96.1 Å². The van der Waals surface area contributed by atoms with E-state index in [4.69, 9.17) is 4.42 Å². The molecule has 0 unspecified atom stereocenters. The molecule has 150 valence electrons. The largest absolute Gasteiger partial charge is 0.431 e. The zero-order valence-electron chi connectivity index (χ0n) is 16.7. The van der Waals surface area contributed by atoms with Crippen LogP contribution in [-0.4, -0.2) is 16.6 Å². The molecular weight excluding hydrogens is 392 g/mol. The summed E-state index contributed by atoms with van der Waals surface area (Å²) in [5, 5.41) is 3.43. The van der Waals surface area contributed by atoms with E-state index in [-0.39, 0.29) is 11.7 Å². The van der Waals surface area contributed by atoms with Crippen LogP contribution in [-0.2, 0) is 11.3 Å². The molecule has 30 heavy (non-hydrogen) atoms. The third-order valence-electron chi connectivity index (χ3n) is 4.63. The molecule has 0 radical (unpaired) electrons. The van der Waals surface area contributed by atoms with Crippen LogP contribution in [0.5, 0.6) is 0 Å². The average Bonchev–Trinajstić information content (AvgIpc) is 3.23. The van der Waals surface area contributed by atoms with Crippen LogP contribution in [0.15, 0.2) is 94.6 Å². The summed E-state index contributed by atoms with van der Waals surface area (Å²) in [5.41, 5.74) is 5.00. The molecule has 0 saturated carbocycles. The van der Waals surface area contributed by atoms with Crippen LogP contribution >= 0.6 is 11.8 Å². The maximum absolute atomic E-state index is 12.3. The molecule has 3 aromatic carbocycles. The summed E-state index contributed by atoms with van der Waals surface area (Å²) >= 11 is 1.30. The summed E-state index contributed by atoms with van der Waals surface area (Å²) in [6.07, 6.45) is 0. The lowest BCUT2D eigenvalue weighted by molar-refractivity contribution is -0.118. The summed E-state index contributed by atoms with van der Waals surface area (Å²) in [5.74, 6) is 0.903. The van der Waals surface area contributed by atoms with E-state index in [1.807, 2.05) is 91.9 Å². The van der Waals surface area contributed by atoms with Gasteiger partial charge in [0.2, 0.25) is 5.91 Å². The first-order valence-corrected chi connectivity index (χ1v) is 10.7. The zero-order valence-corrected chi connectivity index (χ0v) is 17.5. The summed E-state index contributed by atoms with van der Waals surface area (Å²) in [6.45, 7) is 2.55. The highest BCUT2D eigenvalue weighted by atomic mass is 32.2. The van der Waals surface area contributed by atoms with Crippen molar-refractivity contribution in [1.82, 2.24) is 10.3 Å². The first-order valence-electron chi connectivity index (χ1n) is 9.76. The molecule has 1 amide bonds. The van der Waals surface area contributed by atoms with Gasteiger partial charge in [0.05, 0.1) is 5.75 Å². The van der Waals surface area contributed by atoms with Crippen molar-refractivity contribution in [2.75, 3.05) is 5.75 Å². The van der Waals surface area contributed by atoms with Gasteiger partial charge in [-0.2, -0.15) is 0 Å². The molecular formula is C25H22N2O2S. The average molecular weight is 415 g/mol. The predicted molar refractivity (Wildman–Crippen MR) is 121 cm³/mol. The lowest BCUT2D eigenvalue weighted by Crippen LogP contribution is -2.24. The number of hydrogen-bond donors (Lipinski definition) is 1. The van der Waals surface area contributed by atoms with E-state index in [2.05, 4.69) is 10.3 Å². The molecule has 0 aliphatic carbocycles. The second-order valence-electron chi connectivity index (χ2n) is 6.94. The van der Waals surface area contributed by atoms with Gasteiger partial charge in [-0.05, 0) is 12.5 Å². The van der Waals surface area contributed by atoms with E-state index >= 15 is 0 Å². The molecule has 4 rings (SSSR count). The van der Waals surface area contributed by atoms with Gasteiger partial charge < -0.3 is 9.73 Å². The number of aromatic nitrogens is 1. The first kappa shape index (κ1) is 20.0. The Morgan fingerprint density at radius 2 is 1.53 bits per heavy atom. The second-order valence-corrected chi connectivity index (χ2v) is 7.87. The Labute approximate surface area is 180 Å². The molecule has 4 nitrogen and oxygen atoms in total. The molecule has 0 spiro atoms. The van der Waals surface area contributed by atoms with Crippen molar-refractivity contribution in [3.8, 4) is 22.6 Å². The van der Waals surface area contributed by atoms with Crippen LogP contribution in [0.4, 0.5) is 0 Å². The van der Waals surface area contributed by atoms with Crippen molar-refractivity contribution >= 4 is 17.7 Å². The number of carbonyl (C=O) groups excluding carboxylic acids is 1. The number of oxazole rings is 1. The van der Waals surface area contributed by atoms with E-state index in [9.17, 15) is 4.79 Å². The summed E-state index contributed by atoms with van der Waals surface area (Å²) < 4.78 is 6.05. The fraction of sp³-hybridized carbons (Fsp3) is 0.120. The molecule has 4 aromatic rings. The highest BCUT2D eigenvalue weighted by molar-refractivity contribution is 7.99. The monoisotopic (exact) mass is 414 g/mol. The molecule has 0 bridgehead atoms. The van der Waals surface area contributed by atoms with E-state index in [0.717, 1.165) is 22.4 Å². The van der Waals surface area contributed by atoms with Crippen LogP contribution in [0.1, 0.15) is 11.1 Å². The molecule has 0 aliphatic heterocycles. The Morgan fingerprint density at radius 3 is 2.20 bits per heavy atom. The van der Waals surface area contributed by atoms with Crippen LogP contribution in [0.25, 0.3) is 22.6 Å². The first-order chi connectivity index (χ1) is 14.7. The lowest BCUT2D eigenvalue weighted by atomic mass is 10.1. The maximum Gasteiger partial charge on any atom is 0.257 e. The Balaban J connectivity index is 1.46. The Bertz CT molecular complexity index is 1050. The number of carbonyl (C=O) groups is 1. The van der Waals surface area contributed by atoms with Crippen molar-refractivity contribution in [2.24, 2.45) is 0 Å². The summed E-state index contributed by atoms with van der Waals surface area (Å²) in [6, 6.07) is 28.0. The van der Waals surface area contributed by atoms with Gasteiger partial charge in [-0.1, -0.05) is 102 Å². The standard InChI is InChI=1S/C25H22N2O2S/c1-18-12-14-19(15-13-18)16-26-22(28)17-30-25-27-23(20-8-4-2-5-9-20)24(29-25)21-10-6-3-7-11-21/h2-15H,16-17H2,1H3,(H,26,28). The predicted octanol–water partition coefficient (Wildman–Crippen LogP) is 5.73. The molecule has 5 heteroatoms. The van der Waals surface area contributed by atoms with Crippen molar-refractivity contribution in [2.45, 2.75) is 18.7 Å². The third kappa shape index (κ3) is 4.99. The van der Waals surface area contributed by atoms with Gasteiger partial charge in [-0.15, -0.1) is 0 Å². The molecule has 1 heterocycles. The maximum atomic E-state index is 12.3. The SMILES string of the molecule is Cc1ccc(CNC(=O)CSc2nc(-c3ccccc3)c(-c3ccccc3)o2)cc1. The second kappa shape index (κ2) is 9.46. The number of thioether (sulfide) groups is 1. The Kier molecular flexibility index (Phi) is 6.30. The van der Waals surface area contributed by atoms with E-state index in [1.165, 1.54) is 17.3 Å². The molecule has 0 saturated heterocycles. The quantitative estimate of drug-likeness (QED) is 0.393. The van der Waals surface area contributed by atoms with Gasteiger partial charge in [0, 0.05) is 17.7 Å². The third-order valence-corrected chi connectivity index (χ3v) is 5.46. The van der Waals surface area contributed by atoms with Crippen molar-refractivity contribution in [1.29, 1.82) is 0 Å². The van der Waals surface area contributed by atoms with Crippen LogP contribution in [0, 0.1) is 6.92 Å². The topological polar surface area (TPSA) is 55.1 Å². The lowest BCUT2D eigenvalue weighted by Gasteiger charge is -2.04. The minimum absolute atomic E-state index is 0.0544. The number of benzene rings is 3. The number of hydrogen-bond acceptors (Lipinski definition) is 4. The van der Waals surface area contributed by atoms with Gasteiger partial charge in [-0.25, -0.2) is 4.98 Å². The van der Waals surface area contributed by atoms with Gasteiger partial charge in [0.15, 0.2) is 5.76 Å². The zero-order chi connectivity index (χ0) is 20.8. The fourth-order valence-corrected chi connectivity index (χ4v) is 3.68. The fourth-order valence-electron chi connectivity index (χ4n) is 3.02. The van der Waals surface area contributed by atoms with Gasteiger partial charge in [-0.3, -0.25) is 4.79 Å². The molecule has 1 aromatic heterocycles. The number of amides is 1. The summed E-state index contributed by atoms with van der Waals surface area (Å²) in [4.78, 5) is 17.0. The minimum Gasteiger partial charge on any atom is -0.431 e. The molecule has 0 aliphatic rings.